The summed E-state index contributed by atoms with van der Waals surface area (Å²) in [5, 5.41) is 20.8. The molecule has 1 aliphatic heterocycles. The molecule has 2 heterocycles. The van der Waals surface area contributed by atoms with Crippen LogP contribution in [0.5, 0.6) is 0 Å². The molecule has 1 unspecified atom stereocenters. The summed E-state index contributed by atoms with van der Waals surface area (Å²) >= 11 is 0. The molecule has 0 radical (unpaired) electrons. The lowest BCUT2D eigenvalue weighted by molar-refractivity contribution is -0.147. The smallest absolute Gasteiger partial charge is 0.340 e. The van der Waals surface area contributed by atoms with Crippen molar-refractivity contribution in [1.29, 1.82) is 0 Å². The summed E-state index contributed by atoms with van der Waals surface area (Å²) in [4.78, 5) is 14.3. The molecule has 0 spiro atoms. The van der Waals surface area contributed by atoms with Gasteiger partial charge in [-0.15, -0.1) is 0 Å². The largest absolute Gasteiger partial charge is 0.479 e. The zero-order valence-corrected chi connectivity index (χ0v) is 6.77. The van der Waals surface area contributed by atoms with E-state index in [0.29, 0.717) is 6.54 Å². The van der Waals surface area contributed by atoms with Crippen molar-refractivity contribution in [2.45, 2.75) is 12.6 Å². The van der Waals surface area contributed by atoms with Crippen LogP contribution in [0, 0.1) is 0 Å². The molecule has 1 aromatic heterocycles. The van der Waals surface area contributed by atoms with E-state index in [0.717, 1.165) is 12.4 Å². The van der Waals surface area contributed by atoms with Crippen LogP contribution in [0.3, 0.4) is 0 Å². The van der Waals surface area contributed by atoms with Crippen LogP contribution in [0.2, 0.25) is 0 Å². The van der Waals surface area contributed by atoms with Crippen LogP contribution in [0.25, 0.3) is 0 Å². The molecule has 70 valence electrons. The lowest BCUT2D eigenvalue weighted by Crippen LogP contribution is -2.16. The molecule has 0 saturated carbocycles. The van der Waals surface area contributed by atoms with Gasteiger partial charge in [0.1, 0.15) is 5.82 Å². The molecule has 0 fully saturated rings. The number of hydrogen-bond acceptors (Lipinski definition) is 4. The average Bonchev–Trinajstić information content (AvgIpc) is 2.61. The Labute approximate surface area is 73.8 Å². The Morgan fingerprint density at radius 2 is 2.54 bits per heavy atom. The summed E-state index contributed by atoms with van der Waals surface area (Å²) < 4.78 is 1.67. The zero-order chi connectivity index (χ0) is 9.42. The molecule has 6 heteroatoms. The van der Waals surface area contributed by atoms with Crippen molar-refractivity contribution in [3.63, 3.8) is 0 Å². The molecule has 0 saturated heterocycles. The van der Waals surface area contributed by atoms with Gasteiger partial charge in [-0.3, -0.25) is 0 Å². The number of anilines is 1. The molecular weight excluding hydrogens is 174 g/mol. The fourth-order valence-corrected chi connectivity index (χ4v) is 1.39. The number of hydrogen-bond donors (Lipinski definition) is 3. The minimum atomic E-state index is -1.53. The van der Waals surface area contributed by atoms with Crippen molar-refractivity contribution < 1.29 is 15.0 Å². The fraction of sp³-hybridized carbons (Fsp3) is 0.429. The molecule has 1 aliphatic rings. The maximum atomic E-state index is 10.5. The van der Waals surface area contributed by atoms with Gasteiger partial charge in [0.15, 0.2) is 5.82 Å². The quantitative estimate of drug-likeness (QED) is 0.571. The highest BCUT2D eigenvalue weighted by atomic mass is 16.4. The highest BCUT2D eigenvalue weighted by Crippen LogP contribution is 2.21. The number of nitrogens with one attached hydrogen (secondary N) is 1. The van der Waals surface area contributed by atoms with E-state index < -0.39 is 12.1 Å². The summed E-state index contributed by atoms with van der Waals surface area (Å²) in [5.74, 6) is -0.330. The lowest BCUT2D eigenvalue weighted by Gasteiger charge is -2.05. The molecule has 1 atom stereocenters. The Kier molecular flexibility index (Phi) is 1.70. The first-order valence-corrected chi connectivity index (χ1v) is 3.90. The average molecular weight is 183 g/mol. The summed E-state index contributed by atoms with van der Waals surface area (Å²) in [7, 11) is 0. The summed E-state index contributed by atoms with van der Waals surface area (Å²) in [6, 6.07) is 0. The first-order valence-electron chi connectivity index (χ1n) is 3.90. The number of aliphatic carboxylic acids is 1. The van der Waals surface area contributed by atoms with Crippen molar-refractivity contribution in [2.75, 3.05) is 11.9 Å². The molecule has 1 aromatic rings. The number of aromatic nitrogens is 2. The van der Waals surface area contributed by atoms with Crippen LogP contribution in [0.4, 0.5) is 5.82 Å². The van der Waals surface area contributed by atoms with Crippen molar-refractivity contribution >= 4 is 11.8 Å². The Balaban J connectivity index is 2.36. The standard InChI is InChI=1S/C7H9N3O3/c11-5(7(12)13)6-9-3-4-8-1-2-10(4)6/h3,5,8,11H,1-2H2,(H,12,13). The molecule has 0 aromatic carbocycles. The van der Waals surface area contributed by atoms with E-state index in [-0.39, 0.29) is 5.82 Å². The third-order valence-corrected chi connectivity index (χ3v) is 2.01. The van der Waals surface area contributed by atoms with Crippen LogP contribution in [-0.2, 0) is 11.3 Å². The number of carboxylic acid groups (broad SMARTS) is 1. The minimum Gasteiger partial charge on any atom is -0.479 e. The number of nitrogens with zero attached hydrogens (tertiary/aromatic N) is 2. The molecule has 3 N–H and O–H groups in total. The molecular formula is C7H9N3O3. The van der Waals surface area contributed by atoms with Crippen LogP contribution >= 0.6 is 0 Å². The number of carboxylic acids is 1. The first kappa shape index (κ1) is 8.06. The van der Waals surface area contributed by atoms with Gasteiger partial charge in [-0.25, -0.2) is 9.78 Å². The second-order valence-corrected chi connectivity index (χ2v) is 2.82. The van der Waals surface area contributed by atoms with Crippen LogP contribution in [0.15, 0.2) is 6.20 Å². The van der Waals surface area contributed by atoms with Crippen LogP contribution < -0.4 is 5.32 Å². The summed E-state index contributed by atoms with van der Waals surface area (Å²) in [6.07, 6.45) is -0.0113. The monoisotopic (exact) mass is 183 g/mol. The molecule has 13 heavy (non-hydrogen) atoms. The molecule has 6 nitrogen and oxygen atoms in total. The van der Waals surface area contributed by atoms with Gasteiger partial charge in [-0.2, -0.15) is 0 Å². The van der Waals surface area contributed by atoms with Gasteiger partial charge in [0, 0.05) is 13.1 Å². The van der Waals surface area contributed by atoms with Gasteiger partial charge in [-0.1, -0.05) is 0 Å². The third kappa shape index (κ3) is 1.15. The number of aliphatic hydroxyl groups is 1. The van der Waals surface area contributed by atoms with E-state index in [2.05, 4.69) is 10.3 Å². The number of rotatable bonds is 2. The predicted octanol–water partition coefficient (Wildman–Crippen LogP) is -0.573. The highest BCUT2D eigenvalue weighted by Gasteiger charge is 2.25. The van der Waals surface area contributed by atoms with Crippen LogP contribution in [0.1, 0.15) is 11.9 Å². The fourth-order valence-electron chi connectivity index (χ4n) is 1.39. The van der Waals surface area contributed by atoms with Crippen molar-refractivity contribution in [1.82, 2.24) is 9.55 Å². The van der Waals surface area contributed by atoms with Crippen molar-refractivity contribution in [3.8, 4) is 0 Å². The molecule has 0 amide bonds. The molecule has 0 bridgehead atoms. The Hall–Kier alpha value is -1.56. The van der Waals surface area contributed by atoms with Gasteiger partial charge in [0.25, 0.3) is 0 Å². The molecule has 0 aliphatic carbocycles. The van der Waals surface area contributed by atoms with E-state index >= 15 is 0 Å². The number of aliphatic hydroxyl groups excluding tert-OH is 1. The highest BCUT2D eigenvalue weighted by molar-refractivity contribution is 5.73. The maximum absolute atomic E-state index is 10.5. The van der Waals surface area contributed by atoms with Gasteiger partial charge in [-0.05, 0) is 0 Å². The van der Waals surface area contributed by atoms with E-state index in [4.69, 9.17) is 5.11 Å². The lowest BCUT2D eigenvalue weighted by atomic mass is 10.3. The van der Waals surface area contributed by atoms with Crippen LogP contribution in [-0.4, -0.2) is 32.3 Å². The SMILES string of the molecule is O=C(O)C(O)c1ncc2n1CCN2. The Morgan fingerprint density at radius 3 is 3.23 bits per heavy atom. The maximum Gasteiger partial charge on any atom is 0.340 e. The second kappa shape index (κ2) is 2.74. The summed E-state index contributed by atoms with van der Waals surface area (Å²) in [5.41, 5.74) is 0. The normalized spacial score (nSPS) is 16.4. The Bertz CT molecular complexity index is 347. The Morgan fingerprint density at radius 1 is 1.77 bits per heavy atom. The van der Waals surface area contributed by atoms with E-state index in [1.807, 2.05) is 0 Å². The minimum absolute atomic E-state index is 0.188. The van der Waals surface area contributed by atoms with Crippen molar-refractivity contribution in [2.24, 2.45) is 0 Å². The van der Waals surface area contributed by atoms with E-state index in [9.17, 15) is 9.90 Å². The number of imidazole rings is 1. The van der Waals surface area contributed by atoms with Crippen molar-refractivity contribution in [3.05, 3.63) is 12.0 Å². The third-order valence-electron chi connectivity index (χ3n) is 2.01. The predicted molar refractivity (Wildman–Crippen MR) is 43.3 cm³/mol. The zero-order valence-electron chi connectivity index (χ0n) is 6.77. The first-order chi connectivity index (χ1) is 6.20. The second-order valence-electron chi connectivity index (χ2n) is 2.82. The topological polar surface area (TPSA) is 87.4 Å². The number of fused-ring (bicyclic) bond motifs is 1. The summed E-state index contributed by atoms with van der Waals surface area (Å²) in [6.45, 7) is 1.40. The van der Waals surface area contributed by atoms with E-state index in [1.165, 1.54) is 6.20 Å². The molecule has 2 rings (SSSR count). The number of carbonyl (C=O) groups is 1. The van der Waals surface area contributed by atoms with E-state index in [1.54, 1.807) is 4.57 Å². The van der Waals surface area contributed by atoms with Gasteiger partial charge in [0.05, 0.1) is 6.20 Å². The van der Waals surface area contributed by atoms with Gasteiger partial charge < -0.3 is 20.1 Å². The van der Waals surface area contributed by atoms with Gasteiger partial charge >= 0.3 is 5.97 Å². The van der Waals surface area contributed by atoms with Gasteiger partial charge in [0.2, 0.25) is 6.10 Å².